The van der Waals surface area contributed by atoms with Crippen molar-refractivity contribution in [3.05, 3.63) is 42.0 Å². The maximum absolute atomic E-state index is 13.0. The van der Waals surface area contributed by atoms with Crippen LogP contribution in [0.2, 0.25) is 0 Å². The van der Waals surface area contributed by atoms with Gasteiger partial charge in [0.1, 0.15) is 11.5 Å². The van der Waals surface area contributed by atoms with Gasteiger partial charge in [-0.05, 0) is 31.2 Å². The molecule has 0 unspecified atom stereocenters. The fraction of sp³-hybridized carbons (Fsp3) is 0.133. The highest BCUT2D eigenvalue weighted by Crippen LogP contribution is 2.35. The third kappa shape index (κ3) is 2.26. The van der Waals surface area contributed by atoms with Gasteiger partial charge in [0.05, 0.1) is 18.2 Å². The Labute approximate surface area is 124 Å². The van der Waals surface area contributed by atoms with Gasteiger partial charge in [0.15, 0.2) is 17.0 Å². The van der Waals surface area contributed by atoms with Crippen LogP contribution in [0.3, 0.4) is 0 Å². The molecule has 3 rings (SSSR count). The van der Waals surface area contributed by atoms with Crippen molar-refractivity contribution < 1.29 is 23.6 Å². The predicted molar refractivity (Wildman–Crippen MR) is 74.8 cm³/mol. The van der Waals surface area contributed by atoms with Gasteiger partial charge in [-0.2, -0.15) is 0 Å². The summed E-state index contributed by atoms with van der Waals surface area (Å²) in [7, 11) is 0. The Morgan fingerprint density at radius 3 is 2.77 bits per heavy atom. The summed E-state index contributed by atoms with van der Waals surface area (Å²) in [6, 6.07) is 5.52. The topological polar surface area (TPSA) is 85.5 Å². The lowest BCUT2D eigenvalue weighted by molar-refractivity contribution is 0.0516. The largest absolute Gasteiger partial charge is 0.505 e. The zero-order valence-electron chi connectivity index (χ0n) is 11.5. The minimum Gasteiger partial charge on any atom is -0.505 e. The van der Waals surface area contributed by atoms with Crippen LogP contribution in [0.15, 0.2) is 35.0 Å². The van der Waals surface area contributed by atoms with Gasteiger partial charge in [-0.15, -0.1) is 0 Å². The molecule has 112 valence electrons. The first kappa shape index (κ1) is 14.0. The Kier molecular flexibility index (Phi) is 3.46. The number of rotatable bonds is 3. The Morgan fingerprint density at radius 1 is 1.36 bits per heavy atom. The molecule has 0 amide bonds. The van der Waals surface area contributed by atoms with Gasteiger partial charge >= 0.3 is 5.97 Å². The van der Waals surface area contributed by atoms with Crippen molar-refractivity contribution in [3.8, 4) is 17.0 Å². The number of carbonyl (C=O) groups is 1. The summed E-state index contributed by atoms with van der Waals surface area (Å²) >= 11 is 0. The van der Waals surface area contributed by atoms with E-state index in [1.807, 2.05) is 0 Å². The zero-order chi connectivity index (χ0) is 15.7. The Balaban J connectivity index is 2.18. The lowest BCUT2D eigenvalue weighted by atomic mass is 10.1. The number of fused-ring (bicyclic) bond motifs is 1. The predicted octanol–water partition coefficient (Wildman–Crippen LogP) is 2.91. The van der Waals surface area contributed by atoms with Crippen LogP contribution in [0, 0.1) is 5.82 Å². The van der Waals surface area contributed by atoms with E-state index in [2.05, 4.69) is 10.1 Å². The number of pyridine rings is 1. The van der Waals surface area contributed by atoms with Crippen LogP contribution in [-0.2, 0) is 4.74 Å². The van der Waals surface area contributed by atoms with E-state index in [0.29, 0.717) is 11.3 Å². The molecule has 1 aromatic carbocycles. The summed E-state index contributed by atoms with van der Waals surface area (Å²) in [5, 5.41) is 14.4. The van der Waals surface area contributed by atoms with E-state index < -0.39 is 11.8 Å². The minimum atomic E-state index is -0.742. The van der Waals surface area contributed by atoms with Crippen LogP contribution in [-0.4, -0.2) is 27.8 Å². The summed E-state index contributed by atoms with van der Waals surface area (Å²) in [5.74, 6) is -1.51. The number of aromatic nitrogens is 2. The van der Waals surface area contributed by atoms with Gasteiger partial charge in [-0.25, -0.2) is 14.2 Å². The molecule has 6 nitrogen and oxygen atoms in total. The van der Waals surface area contributed by atoms with Crippen molar-refractivity contribution in [2.75, 3.05) is 6.61 Å². The van der Waals surface area contributed by atoms with Gasteiger partial charge < -0.3 is 14.4 Å². The second-order valence-electron chi connectivity index (χ2n) is 4.45. The number of aromatic hydroxyl groups is 1. The second kappa shape index (κ2) is 5.44. The fourth-order valence-corrected chi connectivity index (χ4v) is 2.08. The van der Waals surface area contributed by atoms with Crippen LogP contribution in [0.25, 0.3) is 22.2 Å². The zero-order valence-corrected chi connectivity index (χ0v) is 11.5. The summed E-state index contributed by atoms with van der Waals surface area (Å²) in [5.41, 5.74) is 0.822. The monoisotopic (exact) mass is 302 g/mol. The summed E-state index contributed by atoms with van der Waals surface area (Å²) in [4.78, 5) is 15.6. The highest BCUT2D eigenvalue weighted by atomic mass is 19.1. The van der Waals surface area contributed by atoms with Crippen molar-refractivity contribution in [2.24, 2.45) is 0 Å². The molecule has 0 aliphatic carbocycles. The lowest BCUT2D eigenvalue weighted by Gasteiger charge is -2.04. The number of hydrogen-bond donors (Lipinski definition) is 1. The molecule has 0 aliphatic heterocycles. The fourth-order valence-electron chi connectivity index (χ4n) is 2.08. The number of halogens is 1. The first-order valence-corrected chi connectivity index (χ1v) is 6.52. The molecule has 2 heterocycles. The lowest BCUT2D eigenvalue weighted by Crippen LogP contribution is -2.07. The third-order valence-corrected chi connectivity index (χ3v) is 3.08. The summed E-state index contributed by atoms with van der Waals surface area (Å²) in [6.45, 7) is 1.81. The van der Waals surface area contributed by atoms with Crippen LogP contribution in [0.4, 0.5) is 4.39 Å². The number of ether oxygens (including phenoxy) is 1. The molecule has 2 aromatic heterocycles. The molecule has 0 spiro atoms. The standard InChI is InChI=1S/C15H11FN2O4/c1-2-21-15(20)13-14(19)11-10(7-17-13)22-18-12(11)8-3-5-9(16)6-4-8/h3-7,19H,2H2,1H3. The molecule has 0 atom stereocenters. The molecule has 0 aliphatic rings. The highest BCUT2D eigenvalue weighted by Gasteiger charge is 2.22. The molecule has 0 bridgehead atoms. The van der Waals surface area contributed by atoms with Gasteiger partial charge in [-0.1, -0.05) is 5.16 Å². The van der Waals surface area contributed by atoms with Crippen molar-refractivity contribution in [1.29, 1.82) is 0 Å². The van der Waals surface area contributed by atoms with Crippen LogP contribution in [0.1, 0.15) is 17.4 Å². The average molecular weight is 302 g/mol. The molecule has 1 N–H and O–H groups in total. The summed E-state index contributed by atoms with van der Waals surface area (Å²) in [6.07, 6.45) is 1.28. The van der Waals surface area contributed by atoms with Crippen molar-refractivity contribution in [1.82, 2.24) is 10.1 Å². The third-order valence-electron chi connectivity index (χ3n) is 3.08. The molecule has 0 radical (unpaired) electrons. The first-order valence-electron chi connectivity index (χ1n) is 6.52. The number of carbonyl (C=O) groups excluding carboxylic acids is 1. The van der Waals surface area contributed by atoms with Gasteiger partial charge in [0.25, 0.3) is 0 Å². The molecule has 22 heavy (non-hydrogen) atoms. The maximum Gasteiger partial charge on any atom is 0.360 e. The van der Waals surface area contributed by atoms with Crippen molar-refractivity contribution >= 4 is 16.9 Å². The minimum absolute atomic E-state index is 0.159. The molecule has 0 saturated carbocycles. The Morgan fingerprint density at radius 2 is 2.09 bits per heavy atom. The van der Waals surface area contributed by atoms with Crippen molar-refractivity contribution in [3.63, 3.8) is 0 Å². The van der Waals surface area contributed by atoms with E-state index in [-0.39, 0.29) is 29.0 Å². The number of nitrogens with zero attached hydrogens (tertiary/aromatic N) is 2. The second-order valence-corrected chi connectivity index (χ2v) is 4.45. The Bertz CT molecular complexity index is 843. The SMILES string of the molecule is CCOC(=O)c1ncc2onc(-c3ccc(F)cc3)c2c1O. The van der Waals surface area contributed by atoms with Crippen LogP contribution >= 0.6 is 0 Å². The van der Waals surface area contributed by atoms with E-state index in [4.69, 9.17) is 9.26 Å². The molecule has 3 aromatic rings. The average Bonchev–Trinajstić information content (AvgIpc) is 2.93. The normalized spacial score (nSPS) is 10.8. The number of benzene rings is 1. The van der Waals surface area contributed by atoms with Crippen LogP contribution in [0.5, 0.6) is 5.75 Å². The molecule has 0 saturated heterocycles. The van der Waals surface area contributed by atoms with E-state index in [1.54, 1.807) is 6.92 Å². The summed E-state index contributed by atoms with van der Waals surface area (Å²) < 4.78 is 22.9. The van der Waals surface area contributed by atoms with Gasteiger partial charge in [-0.3, -0.25) is 0 Å². The molecule has 7 heteroatoms. The van der Waals surface area contributed by atoms with E-state index in [9.17, 15) is 14.3 Å². The van der Waals surface area contributed by atoms with E-state index in [0.717, 1.165) is 0 Å². The highest BCUT2D eigenvalue weighted by molar-refractivity contribution is 6.02. The van der Waals surface area contributed by atoms with E-state index in [1.165, 1.54) is 30.5 Å². The number of esters is 1. The quantitative estimate of drug-likeness (QED) is 0.749. The first-order chi connectivity index (χ1) is 10.6. The van der Waals surface area contributed by atoms with Crippen LogP contribution < -0.4 is 0 Å². The van der Waals surface area contributed by atoms with E-state index >= 15 is 0 Å². The smallest absolute Gasteiger partial charge is 0.360 e. The van der Waals surface area contributed by atoms with Crippen molar-refractivity contribution in [2.45, 2.75) is 6.92 Å². The maximum atomic E-state index is 13.0. The molecular formula is C15H11FN2O4. The Hall–Kier alpha value is -2.96. The van der Waals surface area contributed by atoms with Gasteiger partial charge in [0, 0.05) is 5.56 Å². The van der Waals surface area contributed by atoms with Gasteiger partial charge in [0.2, 0.25) is 0 Å². The number of hydrogen-bond acceptors (Lipinski definition) is 6. The molecular weight excluding hydrogens is 291 g/mol. The molecule has 0 fully saturated rings.